The third-order valence-electron chi connectivity index (χ3n) is 2.96. The summed E-state index contributed by atoms with van der Waals surface area (Å²) in [6.07, 6.45) is 5.43. The maximum absolute atomic E-state index is 5.13. The summed E-state index contributed by atoms with van der Waals surface area (Å²) in [4.78, 5) is 4.04. The van der Waals surface area contributed by atoms with Crippen molar-refractivity contribution in [3.05, 3.63) is 60.7 Å². The first-order valence-electron chi connectivity index (χ1n) is 6.87. The zero-order chi connectivity index (χ0) is 15.9. The van der Waals surface area contributed by atoms with Crippen molar-refractivity contribution in [2.75, 3.05) is 6.54 Å². The second kappa shape index (κ2) is 7.51. The van der Waals surface area contributed by atoms with Gasteiger partial charge in [-0.25, -0.2) is 4.98 Å². The molecule has 22 heavy (non-hydrogen) atoms. The van der Waals surface area contributed by atoms with Gasteiger partial charge in [0.2, 0.25) is 0 Å². The normalized spacial score (nSPS) is 11.1. The number of rotatable bonds is 5. The molecule has 1 aromatic heterocycles. The first-order valence-corrected chi connectivity index (χ1v) is 7.28. The second-order valence-corrected chi connectivity index (χ2v) is 5.37. The minimum Gasteiger partial charge on any atom is -0.358 e. The van der Waals surface area contributed by atoms with E-state index in [1.54, 1.807) is 12.5 Å². The molecule has 0 fully saturated rings. The van der Waals surface area contributed by atoms with Crippen LogP contribution in [0.15, 0.2) is 60.2 Å². The van der Waals surface area contributed by atoms with Crippen LogP contribution in [0.3, 0.4) is 0 Å². The number of hydrogen-bond acceptors (Lipinski definition) is 3. The van der Waals surface area contributed by atoms with Gasteiger partial charge in [0.05, 0.1) is 12.0 Å². The Labute approximate surface area is 135 Å². The Morgan fingerprint density at radius 2 is 2.05 bits per heavy atom. The van der Waals surface area contributed by atoms with E-state index < -0.39 is 0 Å². The molecule has 5 nitrogen and oxygen atoms in total. The van der Waals surface area contributed by atoms with Crippen LogP contribution in [0.5, 0.6) is 0 Å². The van der Waals surface area contributed by atoms with Crippen molar-refractivity contribution in [3.8, 4) is 5.69 Å². The van der Waals surface area contributed by atoms with E-state index in [0.29, 0.717) is 11.7 Å². The van der Waals surface area contributed by atoms with E-state index in [4.69, 9.17) is 12.2 Å². The molecule has 0 unspecified atom stereocenters. The fourth-order valence-electron chi connectivity index (χ4n) is 1.76. The van der Waals surface area contributed by atoms with Crippen LogP contribution in [0.2, 0.25) is 0 Å². The van der Waals surface area contributed by atoms with Crippen LogP contribution in [0.1, 0.15) is 19.4 Å². The molecule has 0 atom stereocenters. The molecule has 1 heterocycles. The predicted molar refractivity (Wildman–Crippen MR) is 94.3 cm³/mol. The fourth-order valence-corrected chi connectivity index (χ4v) is 1.87. The lowest BCUT2D eigenvalue weighted by Crippen LogP contribution is -2.33. The Morgan fingerprint density at radius 3 is 2.64 bits per heavy atom. The van der Waals surface area contributed by atoms with Gasteiger partial charge < -0.3 is 9.88 Å². The first kappa shape index (κ1) is 15.9. The Balaban J connectivity index is 1.97. The summed E-state index contributed by atoms with van der Waals surface area (Å²) in [5.74, 6) is 0. The van der Waals surface area contributed by atoms with Crippen LogP contribution in [0, 0.1) is 0 Å². The molecule has 6 heteroatoms. The third-order valence-corrected chi connectivity index (χ3v) is 3.20. The lowest BCUT2D eigenvalue weighted by atomic mass is 10.1. The van der Waals surface area contributed by atoms with Crippen LogP contribution in [0.4, 0.5) is 0 Å². The molecular weight excluding hydrogens is 294 g/mol. The SMILES string of the molecule is C=C(C)CNC(=S)NN=C(C)c1ccc(-n2ccnc2)cc1. The van der Waals surface area contributed by atoms with E-state index in [1.165, 1.54) is 0 Å². The van der Waals surface area contributed by atoms with Gasteiger partial charge in [-0.1, -0.05) is 24.3 Å². The molecule has 0 saturated heterocycles. The van der Waals surface area contributed by atoms with Gasteiger partial charge in [-0.05, 0) is 43.8 Å². The van der Waals surface area contributed by atoms with Crippen molar-refractivity contribution >= 4 is 23.0 Å². The van der Waals surface area contributed by atoms with E-state index in [-0.39, 0.29) is 0 Å². The molecule has 0 bridgehead atoms. The van der Waals surface area contributed by atoms with Gasteiger partial charge in [-0.3, -0.25) is 5.43 Å². The molecular formula is C16H19N5S. The summed E-state index contributed by atoms with van der Waals surface area (Å²) in [6.45, 7) is 8.31. The molecule has 2 rings (SSSR count). The van der Waals surface area contributed by atoms with Crippen LogP contribution >= 0.6 is 12.2 Å². The fraction of sp³-hybridized carbons (Fsp3) is 0.188. The summed E-state index contributed by atoms with van der Waals surface area (Å²) in [7, 11) is 0. The summed E-state index contributed by atoms with van der Waals surface area (Å²) in [5.41, 5.74) is 6.79. The first-order chi connectivity index (χ1) is 10.6. The van der Waals surface area contributed by atoms with Crippen LogP contribution in [0.25, 0.3) is 5.69 Å². The maximum Gasteiger partial charge on any atom is 0.187 e. The molecule has 0 saturated carbocycles. The summed E-state index contributed by atoms with van der Waals surface area (Å²) in [6, 6.07) is 8.07. The van der Waals surface area contributed by atoms with Crippen LogP contribution in [-0.4, -0.2) is 26.9 Å². The van der Waals surface area contributed by atoms with E-state index in [0.717, 1.165) is 22.5 Å². The molecule has 0 aliphatic carbocycles. The van der Waals surface area contributed by atoms with Gasteiger partial charge in [0, 0.05) is 24.6 Å². The molecule has 1 aromatic carbocycles. The minimum absolute atomic E-state index is 0.484. The summed E-state index contributed by atoms with van der Waals surface area (Å²) >= 11 is 5.13. The number of hydrogen-bond donors (Lipinski definition) is 2. The minimum atomic E-state index is 0.484. The zero-order valence-electron chi connectivity index (χ0n) is 12.7. The Bertz CT molecular complexity index is 671. The lowest BCUT2D eigenvalue weighted by Gasteiger charge is -2.08. The van der Waals surface area contributed by atoms with E-state index >= 15 is 0 Å². The molecule has 0 spiro atoms. The number of nitrogens with one attached hydrogen (secondary N) is 2. The van der Waals surface area contributed by atoms with Gasteiger partial charge in [-0.2, -0.15) is 5.10 Å². The number of aromatic nitrogens is 2. The molecule has 2 N–H and O–H groups in total. The smallest absolute Gasteiger partial charge is 0.187 e. The second-order valence-electron chi connectivity index (χ2n) is 4.97. The van der Waals surface area contributed by atoms with Crippen molar-refractivity contribution in [2.45, 2.75) is 13.8 Å². The quantitative estimate of drug-likeness (QED) is 0.386. The number of hydrazone groups is 1. The van der Waals surface area contributed by atoms with Gasteiger partial charge in [0.25, 0.3) is 0 Å². The van der Waals surface area contributed by atoms with Crippen LogP contribution in [-0.2, 0) is 0 Å². The van der Waals surface area contributed by atoms with Gasteiger partial charge in [0.1, 0.15) is 0 Å². The van der Waals surface area contributed by atoms with Gasteiger partial charge >= 0.3 is 0 Å². The maximum atomic E-state index is 5.13. The van der Waals surface area contributed by atoms with Crippen molar-refractivity contribution in [3.63, 3.8) is 0 Å². The molecule has 0 aliphatic heterocycles. The summed E-state index contributed by atoms with van der Waals surface area (Å²) < 4.78 is 1.95. The topological polar surface area (TPSA) is 54.2 Å². The number of nitrogens with zero attached hydrogens (tertiary/aromatic N) is 3. The molecule has 114 valence electrons. The van der Waals surface area contributed by atoms with Crippen molar-refractivity contribution in [1.82, 2.24) is 20.3 Å². The lowest BCUT2D eigenvalue weighted by molar-refractivity contribution is 0.913. The van der Waals surface area contributed by atoms with Crippen molar-refractivity contribution in [1.29, 1.82) is 0 Å². The Kier molecular flexibility index (Phi) is 5.43. The van der Waals surface area contributed by atoms with E-state index in [9.17, 15) is 0 Å². The van der Waals surface area contributed by atoms with Crippen LogP contribution < -0.4 is 10.7 Å². The highest BCUT2D eigenvalue weighted by Crippen LogP contribution is 2.09. The van der Waals surface area contributed by atoms with Gasteiger partial charge in [-0.15, -0.1) is 0 Å². The average Bonchev–Trinajstić information content (AvgIpc) is 3.05. The number of thiocarbonyl (C=S) groups is 1. The standard InChI is InChI=1S/C16H19N5S/c1-12(2)10-18-16(22)20-19-13(3)14-4-6-15(7-5-14)21-9-8-17-11-21/h4-9,11H,1,10H2,2-3H3,(H2,18,20,22). The van der Waals surface area contributed by atoms with Crippen molar-refractivity contribution < 1.29 is 0 Å². The Morgan fingerprint density at radius 1 is 1.32 bits per heavy atom. The molecule has 0 radical (unpaired) electrons. The number of imidazole rings is 1. The third kappa shape index (κ3) is 4.53. The number of benzene rings is 1. The average molecular weight is 313 g/mol. The zero-order valence-corrected chi connectivity index (χ0v) is 13.5. The largest absolute Gasteiger partial charge is 0.358 e. The predicted octanol–water partition coefficient (Wildman–Crippen LogP) is 2.64. The van der Waals surface area contributed by atoms with Gasteiger partial charge in [0.15, 0.2) is 5.11 Å². The highest BCUT2D eigenvalue weighted by atomic mass is 32.1. The summed E-state index contributed by atoms with van der Waals surface area (Å²) in [5, 5.41) is 7.78. The van der Waals surface area contributed by atoms with E-state index in [1.807, 2.05) is 48.9 Å². The highest BCUT2D eigenvalue weighted by Gasteiger charge is 2.00. The highest BCUT2D eigenvalue weighted by molar-refractivity contribution is 7.80. The monoisotopic (exact) mass is 313 g/mol. The molecule has 0 aliphatic rings. The molecule has 2 aromatic rings. The molecule has 0 amide bonds. The van der Waals surface area contributed by atoms with Crippen molar-refractivity contribution in [2.24, 2.45) is 5.10 Å². The van der Waals surface area contributed by atoms with E-state index in [2.05, 4.69) is 27.4 Å². The Hall–Kier alpha value is -2.47.